The van der Waals surface area contributed by atoms with Crippen molar-refractivity contribution in [2.75, 3.05) is 13.2 Å². The van der Waals surface area contributed by atoms with Crippen molar-refractivity contribution in [3.05, 3.63) is 35.9 Å². The van der Waals surface area contributed by atoms with Gasteiger partial charge in [0.2, 0.25) is 5.91 Å². The van der Waals surface area contributed by atoms with Crippen molar-refractivity contribution >= 4 is 5.91 Å². The minimum Gasteiger partial charge on any atom is -0.396 e. The van der Waals surface area contributed by atoms with Gasteiger partial charge >= 0.3 is 0 Å². The van der Waals surface area contributed by atoms with E-state index >= 15 is 0 Å². The van der Waals surface area contributed by atoms with Gasteiger partial charge in [-0.2, -0.15) is 0 Å². The second kappa shape index (κ2) is 7.41. The van der Waals surface area contributed by atoms with Crippen molar-refractivity contribution in [3.63, 3.8) is 0 Å². The fraction of sp³-hybridized carbons (Fsp3) is 0.562. The van der Waals surface area contributed by atoms with Crippen molar-refractivity contribution in [2.45, 2.75) is 39.2 Å². The molecule has 0 spiro atoms. The molecule has 0 saturated carbocycles. The number of benzene rings is 1. The van der Waals surface area contributed by atoms with Crippen LogP contribution >= 0.6 is 0 Å². The summed E-state index contributed by atoms with van der Waals surface area (Å²) in [7, 11) is 0. The fourth-order valence-corrected chi connectivity index (χ4v) is 1.99. The van der Waals surface area contributed by atoms with Gasteiger partial charge in [-0.1, -0.05) is 51.1 Å². The molecule has 0 aliphatic carbocycles. The van der Waals surface area contributed by atoms with Gasteiger partial charge in [0, 0.05) is 19.1 Å². The molecule has 4 heteroatoms. The SMILES string of the molecule is CC(C)(C)[C@H](N)C(=O)NCC(CCO)c1ccccc1. The van der Waals surface area contributed by atoms with Gasteiger partial charge in [-0.15, -0.1) is 0 Å². The molecule has 0 radical (unpaired) electrons. The van der Waals surface area contributed by atoms with E-state index in [9.17, 15) is 4.79 Å². The number of carbonyl (C=O) groups is 1. The molecule has 0 aliphatic heterocycles. The average molecular weight is 278 g/mol. The van der Waals surface area contributed by atoms with E-state index in [2.05, 4.69) is 5.32 Å². The smallest absolute Gasteiger partial charge is 0.237 e. The highest BCUT2D eigenvalue weighted by Gasteiger charge is 2.27. The van der Waals surface area contributed by atoms with E-state index < -0.39 is 6.04 Å². The molecule has 0 heterocycles. The first kappa shape index (κ1) is 16.7. The Labute approximate surface area is 121 Å². The van der Waals surface area contributed by atoms with Gasteiger partial charge in [0.05, 0.1) is 6.04 Å². The number of aliphatic hydroxyl groups excluding tert-OH is 1. The van der Waals surface area contributed by atoms with Crippen LogP contribution in [0, 0.1) is 5.41 Å². The van der Waals surface area contributed by atoms with Crippen LogP contribution in [0.5, 0.6) is 0 Å². The van der Waals surface area contributed by atoms with Gasteiger partial charge in [-0.3, -0.25) is 4.79 Å². The van der Waals surface area contributed by atoms with Gasteiger partial charge in [0.1, 0.15) is 0 Å². The van der Waals surface area contributed by atoms with Gasteiger partial charge < -0.3 is 16.2 Å². The Hall–Kier alpha value is -1.39. The Morgan fingerprint density at radius 2 is 1.90 bits per heavy atom. The minimum atomic E-state index is -0.534. The first-order valence-corrected chi connectivity index (χ1v) is 7.05. The van der Waals surface area contributed by atoms with Gasteiger partial charge in [-0.05, 0) is 17.4 Å². The standard InChI is InChI=1S/C16H26N2O2/c1-16(2,3)14(17)15(20)18-11-13(9-10-19)12-7-5-4-6-8-12/h4-8,13-14,19H,9-11,17H2,1-3H3,(H,18,20)/t13?,14-/m1/s1. The topological polar surface area (TPSA) is 75.4 Å². The summed E-state index contributed by atoms with van der Waals surface area (Å²) in [6.45, 7) is 6.42. The van der Waals surface area contributed by atoms with E-state index in [1.807, 2.05) is 51.1 Å². The highest BCUT2D eigenvalue weighted by molar-refractivity contribution is 5.82. The molecule has 4 nitrogen and oxygen atoms in total. The van der Waals surface area contributed by atoms with Crippen LogP contribution in [0.15, 0.2) is 30.3 Å². The summed E-state index contributed by atoms with van der Waals surface area (Å²) in [4.78, 5) is 12.0. The lowest BCUT2D eigenvalue weighted by Gasteiger charge is -2.27. The summed E-state index contributed by atoms with van der Waals surface area (Å²) in [6, 6.07) is 9.36. The second-order valence-corrected chi connectivity index (χ2v) is 6.21. The highest BCUT2D eigenvalue weighted by Crippen LogP contribution is 2.20. The molecule has 1 unspecified atom stereocenters. The number of rotatable bonds is 6. The lowest BCUT2D eigenvalue weighted by molar-refractivity contribution is -0.124. The molecule has 0 saturated heterocycles. The molecular formula is C16H26N2O2. The van der Waals surface area contributed by atoms with Crippen molar-refractivity contribution in [1.29, 1.82) is 0 Å². The Balaban J connectivity index is 2.62. The number of aliphatic hydroxyl groups is 1. The van der Waals surface area contributed by atoms with Crippen LogP contribution < -0.4 is 11.1 Å². The summed E-state index contributed by atoms with van der Waals surface area (Å²) in [6.07, 6.45) is 0.620. The molecule has 1 aromatic carbocycles. The summed E-state index contributed by atoms with van der Waals surface area (Å²) in [5, 5.41) is 12.1. The zero-order valence-electron chi connectivity index (χ0n) is 12.6. The molecule has 112 valence electrons. The number of hydrogen-bond acceptors (Lipinski definition) is 3. The normalized spacial score (nSPS) is 14.7. The molecule has 1 aromatic rings. The first-order valence-electron chi connectivity index (χ1n) is 7.05. The van der Waals surface area contributed by atoms with E-state index in [0.29, 0.717) is 13.0 Å². The number of hydrogen-bond donors (Lipinski definition) is 3. The van der Waals surface area contributed by atoms with Gasteiger partial charge in [-0.25, -0.2) is 0 Å². The fourth-order valence-electron chi connectivity index (χ4n) is 1.99. The Morgan fingerprint density at radius 3 is 2.40 bits per heavy atom. The lowest BCUT2D eigenvalue weighted by atomic mass is 9.86. The second-order valence-electron chi connectivity index (χ2n) is 6.21. The Kier molecular flexibility index (Phi) is 6.17. The molecule has 20 heavy (non-hydrogen) atoms. The van der Waals surface area contributed by atoms with Crippen molar-refractivity contribution in [3.8, 4) is 0 Å². The molecule has 2 atom stereocenters. The number of carbonyl (C=O) groups excluding carboxylic acids is 1. The zero-order valence-corrected chi connectivity index (χ0v) is 12.6. The third kappa shape index (κ3) is 4.94. The van der Waals surface area contributed by atoms with E-state index in [1.165, 1.54) is 0 Å². The lowest BCUT2D eigenvalue weighted by Crippen LogP contribution is -2.49. The molecule has 0 aromatic heterocycles. The summed E-state index contributed by atoms with van der Waals surface area (Å²) >= 11 is 0. The predicted octanol–water partition coefficient (Wildman–Crippen LogP) is 1.64. The largest absolute Gasteiger partial charge is 0.396 e. The van der Waals surface area contributed by atoms with Gasteiger partial charge in [0.25, 0.3) is 0 Å². The van der Waals surface area contributed by atoms with Crippen LogP contribution in [0.3, 0.4) is 0 Å². The Morgan fingerprint density at radius 1 is 1.30 bits per heavy atom. The molecule has 0 aliphatic rings. The zero-order chi connectivity index (χ0) is 15.2. The summed E-state index contributed by atoms with van der Waals surface area (Å²) in [5.41, 5.74) is 6.79. The molecular weight excluding hydrogens is 252 g/mol. The van der Waals surface area contributed by atoms with Crippen molar-refractivity contribution in [1.82, 2.24) is 5.32 Å². The third-order valence-corrected chi connectivity index (χ3v) is 3.49. The van der Waals surface area contributed by atoms with Crippen molar-refractivity contribution < 1.29 is 9.90 Å². The monoisotopic (exact) mass is 278 g/mol. The maximum Gasteiger partial charge on any atom is 0.237 e. The summed E-state index contributed by atoms with van der Waals surface area (Å²) < 4.78 is 0. The highest BCUT2D eigenvalue weighted by atomic mass is 16.3. The molecule has 4 N–H and O–H groups in total. The molecule has 0 fully saturated rings. The molecule has 0 bridgehead atoms. The number of nitrogens with two attached hydrogens (primary N) is 1. The summed E-state index contributed by atoms with van der Waals surface area (Å²) in [5.74, 6) is -0.0336. The van der Waals surface area contributed by atoms with E-state index in [-0.39, 0.29) is 23.8 Å². The van der Waals surface area contributed by atoms with E-state index in [1.54, 1.807) is 0 Å². The van der Waals surface area contributed by atoms with Crippen LogP contribution in [0.25, 0.3) is 0 Å². The van der Waals surface area contributed by atoms with Gasteiger partial charge in [0.15, 0.2) is 0 Å². The number of nitrogens with one attached hydrogen (secondary N) is 1. The van der Waals surface area contributed by atoms with Crippen molar-refractivity contribution in [2.24, 2.45) is 11.1 Å². The van der Waals surface area contributed by atoms with E-state index in [0.717, 1.165) is 5.56 Å². The van der Waals surface area contributed by atoms with Crippen LogP contribution in [0.2, 0.25) is 0 Å². The maximum atomic E-state index is 12.0. The maximum absolute atomic E-state index is 12.0. The third-order valence-electron chi connectivity index (χ3n) is 3.49. The van der Waals surface area contributed by atoms with Crippen LogP contribution in [0.1, 0.15) is 38.7 Å². The quantitative estimate of drug-likeness (QED) is 0.740. The Bertz CT molecular complexity index is 412. The molecule has 1 amide bonds. The van der Waals surface area contributed by atoms with Crippen LogP contribution in [-0.4, -0.2) is 30.2 Å². The average Bonchev–Trinajstić information content (AvgIpc) is 2.42. The van der Waals surface area contributed by atoms with E-state index in [4.69, 9.17) is 10.8 Å². The number of amides is 1. The van der Waals surface area contributed by atoms with Crippen LogP contribution in [-0.2, 0) is 4.79 Å². The predicted molar refractivity (Wildman–Crippen MR) is 81.3 cm³/mol. The minimum absolute atomic E-state index is 0.0980. The first-order chi connectivity index (χ1) is 9.36. The molecule has 1 rings (SSSR count). The van der Waals surface area contributed by atoms with Crippen LogP contribution in [0.4, 0.5) is 0 Å².